The van der Waals surface area contributed by atoms with Gasteiger partial charge in [-0.1, -0.05) is 6.07 Å². The van der Waals surface area contributed by atoms with Crippen molar-refractivity contribution < 1.29 is 19.4 Å². The molecule has 4 rings (SSSR count). The van der Waals surface area contributed by atoms with Crippen molar-refractivity contribution >= 4 is 5.91 Å². The minimum Gasteiger partial charge on any atom is -0.493 e. The second-order valence-corrected chi connectivity index (χ2v) is 6.14. The number of ether oxygens (including phenoxy) is 2. The molecule has 0 bridgehead atoms. The van der Waals surface area contributed by atoms with Crippen LogP contribution < -0.4 is 14.8 Å². The molecule has 1 aliphatic rings. The summed E-state index contributed by atoms with van der Waals surface area (Å²) in [6.07, 6.45) is 2.78. The fourth-order valence-corrected chi connectivity index (χ4v) is 2.76. The molecule has 2 aromatic heterocycles. The van der Waals surface area contributed by atoms with Gasteiger partial charge in [-0.05, 0) is 36.8 Å². The van der Waals surface area contributed by atoms with Crippen LogP contribution in [0.4, 0.5) is 0 Å². The molecule has 0 saturated heterocycles. The van der Waals surface area contributed by atoms with Crippen LogP contribution in [0.25, 0.3) is 11.5 Å². The van der Waals surface area contributed by atoms with Gasteiger partial charge < -0.3 is 19.9 Å². The van der Waals surface area contributed by atoms with Crippen LogP contribution in [0.1, 0.15) is 28.9 Å². The fraction of sp³-hybridized carbons (Fsp3) is 0.211. The Morgan fingerprint density at radius 1 is 1.21 bits per heavy atom. The Bertz CT molecular complexity index is 1010. The average molecular weight is 379 g/mol. The Morgan fingerprint density at radius 2 is 2.04 bits per heavy atom. The molecule has 2 N–H and O–H groups in total. The van der Waals surface area contributed by atoms with Gasteiger partial charge in [0.2, 0.25) is 5.88 Å². The lowest BCUT2D eigenvalue weighted by Crippen LogP contribution is -2.27. The monoisotopic (exact) mass is 379 g/mol. The van der Waals surface area contributed by atoms with E-state index in [1.807, 2.05) is 25.1 Å². The third kappa shape index (κ3) is 3.54. The van der Waals surface area contributed by atoms with Crippen LogP contribution in [-0.2, 0) is 0 Å². The number of aromatic hydroxyl groups is 1. The molecule has 0 saturated carbocycles. The predicted molar refractivity (Wildman–Crippen MR) is 98.0 cm³/mol. The van der Waals surface area contributed by atoms with E-state index in [-0.39, 0.29) is 17.4 Å². The fourth-order valence-electron chi connectivity index (χ4n) is 2.76. The number of aromatic nitrogens is 4. The molecule has 0 aliphatic carbocycles. The smallest absolute Gasteiger partial charge is 0.258 e. The Labute approximate surface area is 160 Å². The molecule has 28 heavy (non-hydrogen) atoms. The van der Waals surface area contributed by atoms with Crippen LogP contribution in [0.3, 0.4) is 0 Å². The minimum atomic E-state index is -0.495. The topological polar surface area (TPSA) is 119 Å². The van der Waals surface area contributed by atoms with Gasteiger partial charge >= 0.3 is 0 Å². The van der Waals surface area contributed by atoms with Gasteiger partial charge in [0.1, 0.15) is 24.5 Å². The molecule has 1 amide bonds. The normalized spacial score (nSPS) is 13.6. The molecule has 0 spiro atoms. The number of fused-ring (bicyclic) bond motifs is 1. The van der Waals surface area contributed by atoms with Crippen LogP contribution in [0.5, 0.6) is 17.4 Å². The molecule has 1 unspecified atom stereocenters. The zero-order valence-corrected chi connectivity index (χ0v) is 15.0. The highest BCUT2D eigenvalue weighted by Gasteiger charge is 2.19. The van der Waals surface area contributed by atoms with Crippen molar-refractivity contribution in [1.29, 1.82) is 0 Å². The maximum atomic E-state index is 12.6. The SMILES string of the molecule is CC(NC(=O)c1cnc(-c2cccnn2)nc1O)c1ccc2c(c1)OCCO2. The van der Waals surface area contributed by atoms with Crippen molar-refractivity contribution in [3.63, 3.8) is 0 Å². The van der Waals surface area contributed by atoms with Gasteiger partial charge in [-0.25, -0.2) is 4.98 Å². The van der Waals surface area contributed by atoms with E-state index in [1.165, 1.54) is 12.4 Å². The number of rotatable bonds is 4. The average Bonchev–Trinajstić information content (AvgIpc) is 2.73. The number of nitrogens with zero attached hydrogens (tertiary/aromatic N) is 4. The molecule has 9 nitrogen and oxygen atoms in total. The van der Waals surface area contributed by atoms with E-state index in [0.717, 1.165) is 5.56 Å². The van der Waals surface area contributed by atoms with E-state index < -0.39 is 11.8 Å². The van der Waals surface area contributed by atoms with Crippen LogP contribution in [0, 0.1) is 0 Å². The van der Waals surface area contributed by atoms with Gasteiger partial charge in [0.05, 0.1) is 6.04 Å². The largest absolute Gasteiger partial charge is 0.493 e. The van der Waals surface area contributed by atoms with Gasteiger partial charge in [-0.2, -0.15) is 10.1 Å². The van der Waals surface area contributed by atoms with Crippen molar-refractivity contribution in [3.05, 3.63) is 53.9 Å². The van der Waals surface area contributed by atoms with Gasteiger partial charge in [0.15, 0.2) is 17.3 Å². The lowest BCUT2D eigenvalue weighted by atomic mass is 10.1. The Balaban J connectivity index is 1.50. The number of benzene rings is 1. The summed E-state index contributed by atoms with van der Waals surface area (Å²) in [7, 11) is 0. The van der Waals surface area contributed by atoms with Crippen molar-refractivity contribution in [2.24, 2.45) is 0 Å². The maximum absolute atomic E-state index is 12.6. The minimum absolute atomic E-state index is 0.0305. The zero-order valence-electron chi connectivity index (χ0n) is 15.0. The molecule has 3 heterocycles. The highest BCUT2D eigenvalue weighted by Crippen LogP contribution is 2.32. The first kappa shape index (κ1) is 17.7. The Hall–Kier alpha value is -3.75. The molecule has 0 fully saturated rings. The highest BCUT2D eigenvalue weighted by atomic mass is 16.6. The van der Waals surface area contributed by atoms with E-state index in [9.17, 15) is 9.90 Å². The van der Waals surface area contributed by atoms with Crippen molar-refractivity contribution in [1.82, 2.24) is 25.5 Å². The summed E-state index contributed by atoms with van der Waals surface area (Å²) in [6.45, 7) is 2.83. The van der Waals surface area contributed by atoms with Crippen LogP contribution >= 0.6 is 0 Å². The van der Waals surface area contributed by atoms with E-state index in [1.54, 1.807) is 12.1 Å². The van der Waals surface area contributed by atoms with Gasteiger partial charge in [-0.3, -0.25) is 4.79 Å². The van der Waals surface area contributed by atoms with Gasteiger partial charge in [-0.15, -0.1) is 5.10 Å². The molecular weight excluding hydrogens is 362 g/mol. The second kappa shape index (κ2) is 7.47. The maximum Gasteiger partial charge on any atom is 0.258 e. The first-order valence-corrected chi connectivity index (χ1v) is 8.66. The molecule has 1 aromatic carbocycles. The lowest BCUT2D eigenvalue weighted by Gasteiger charge is -2.21. The van der Waals surface area contributed by atoms with Crippen molar-refractivity contribution in [2.45, 2.75) is 13.0 Å². The number of carbonyl (C=O) groups is 1. The summed E-state index contributed by atoms with van der Waals surface area (Å²) in [5.41, 5.74) is 1.21. The van der Waals surface area contributed by atoms with Gasteiger partial charge in [0.25, 0.3) is 5.91 Å². The first-order valence-electron chi connectivity index (χ1n) is 8.66. The standard InChI is InChI=1S/C19H17N5O4/c1-11(12-4-5-15-16(9-12)28-8-7-27-15)22-18(25)13-10-20-17(23-19(13)26)14-3-2-6-21-24-14/h2-6,9-11H,7-8H2,1H3,(H,22,25)(H,20,23,26). The number of hydrogen-bond donors (Lipinski definition) is 2. The second-order valence-electron chi connectivity index (χ2n) is 6.14. The summed E-state index contributed by atoms with van der Waals surface area (Å²) in [4.78, 5) is 20.6. The predicted octanol–water partition coefficient (Wildman–Crippen LogP) is 1.90. The number of amides is 1. The van der Waals surface area contributed by atoms with Gasteiger partial charge in [0, 0.05) is 12.4 Å². The first-order chi connectivity index (χ1) is 13.6. The van der Waals surface area contributed by atoms with Crippen LogP contribution in [0.2, 0.25) is 0 Å². The molecule has 1 aliphatic heterocycles. The summed E-state index contributed by atoms with van der Waals surface area (Å²) in [5, 5.41) is 20.6. The lowest BCUT2D eigenvalue weighted by molar-refractivity contribution is 0.0936. The van der Waals surface area contributed by atoms with Crippen LogP contribution in [-0.4, -0.2) is 44.4 Å². The summed E-state index contributed by atoms with van der Waals surface area (Å²) in [6, 6.07) is 8.49. The molecule has 3 aromatic rings. The highest BCUT2D eigenvalue weighted by molar-refractivity contribution is 5.96. The third-order valence-electron chi connectivity index (χ3n) is 4.23. The quantitative estimate of drug-likeness (QED) is 0.705. The molecule has 142 valence electrons. The van der Waals surface area contributed by atoms with Crippen LogP contribution in [0.15, 0.2) is 42.7 Å². The van der Waals surface area contributed by atoms with Crippen molar-refractivity contribution in [2.75, 3.05) is 13.2 Å². The third-order valence-corrected chi connectivity index (χ3v) is 4.23. The van der Waals surface area contributed by atoms with Crippen molar-refractivity contribution in [3.8, 4) is 28.9 Å². The van der Waals surface area contributed by atoms with E-state index in [4.69, 9.17) is 9.47 Å². The van der Waals surface area contributed by atoms with E-state index >= 15 is 0 Å². The molecular formula is C19H17N5O4. The summed E-state index contributed by atoms with van der Waals surface area (Å²) in [5.74, 6) is 0.582. The Kier molecular flexibility index (Phi) is 4.71. The molecule has 9 heteroatoms. The van der Waals surface area contributed by atoms with E-state index in [2.05, 4.69) is 25.5 Å². The summed E-state index contributed by atoms with van der Waals surface area (Å²) >= 11 is 0. The number of nitrogens with one attached hydrogen (secondary N) is 1. The molecule has 1 atom stereocenters. The number of hydrogen-bond acceptors (Lipinski definition) is 8. The number of carbonyl (C=O) groups excluding carboxylic acids is 1. The van der Waals surface area contributed by atoms with E-state index in [0.29, 0.717) is 30.4 Å². The molecule has 0 radical (unpaired) electrons. The Morgan fingerprint density at radius 3 is 2.79 bits per heavy atom. The zero-order chi connectivity index (χ0) is 19.5. The summed E-state index contributed by atoms with van der Waals surface area (Å²) < 4.78 is 11.1.